The largest absolute Gasteiger partial charge is 0.101 e. The third-order valence-electron chi connectivity index (χ3n) is 2.55. The molecule has 0 heterocycles. The first-order valence-electron chi connectivity index (χ1n) is 5.40. The number of hydrogen-bond acceptors (Lipinski definition) is 0. The number of aryl methyl sites for hydroxylation is 1. The van der Waals surface area contributed by atoms with Crippen LogP contribution < -0.4 is 0 Å². The minimum Gasteiger partial charge on any atom is -0.101 e. The lowest BCUT2D eigenvalue weighted by atomic mass is 9.99. The number of hydrogen-bond donors (Lipinski definition) is 0. The third-order valence-corrected chi connectivity index (χ3v) is 2.55. The van der Waals surface area contributed by atoms with Gasteiger partial charge in [0.2, 0.25) is 0 Å². The molecule has 0 bridgehead atoms. The van der Waals surface area contributed by atoms with Crippen LogP contribution in [0.2, 0.25) is 0 Å². The van der Waals surface area contributed by atoms with Gasteiger partial charge in [-0.1, -0.05) is 53.9 Å². The summed E-state index contributed by atoms with van der Waals surface area (Å²) in [6.45, 7) is 3.97. The van der Waals surface area contributed by atoms with Gasteiger partial charge in [0.15, 0.2) is 0 Å². The summed E-state index contributed by atoms with van der Waals surface area (Å²) < 4.78 is 0. The molecule has 0 fully saturated rings. The lowest BCUT2D eigenvalue weighted by Gasteiger charge is -2.05. The summed E-state index contributed by atoms with van der Waals surface area (Å²) >= 11 is 0. The molecule has 0 spiro atoms. The Hall–Kier alpha value is -2.00. The molecule has 0 unspecified atom stereocenters. The Kier molecular flexibility index (Phi) is 3.08. The molecule has 0 heteroatoms. The van der Waals surface area contributed by atoms with Gasteiger partial charge in [-0.2, -0.15) is 0 Å². The van der Waals surface area contributed by atoms with Crippen LogP contribution >= 0.6 is 0 Å². The summed E-state index contributed by atoms with van der Waals surface area (Å²) in [6, 6.07) is 16.8. The van der Waals surface area contributed by atoms with Crippen LogP contribution in [0, 0.1) is 18.8 Å². The molecule has 16 heavy (non-hydrogen) atoms. The predicted octanol–water partition coefficient (Wildman–Crippen LogP) is 4.03. The minimum absolute atomic E-state index is 1.09. The van der Waals surface area contributed by atoms with E-state index < -0.39 is 0 Å². The second-order valence-corrected chi connectivity index (χ2v) is 3.79. The van der Waals surface area contributed by atoms with Crippen LogP contribution in [-0.4, -0.2) is 0 Å². The van der Waals surface area contributed by atoms with Crippen LogP contribution in [0.15, 0.2) is 48.5 Å². The standard InChI is InChI=1S/C16H14/c1-3-6-14-7-4-5-8-16(14)15-11-9-13(2)10-12-15/h4-5,7-12H,1-2H3. The summed E-state index contributed by atoms with van der Waals surface area (Å²) in [5.41, 5.74) is 4.80. The first-order chi connectivity index (χ1) is 7.81. The summed E-state index contributed by atoms with van der Waals surface area (Å²) in [7, 11) is 0. The maximum absolute atomic E-state index is 3.14. The van der Waals surface area contributed by atoms with Crippen molar-refractivity contribution in [2.45, 2.75) is 13.8 Å². The van der Waals surface area contributed by atoms with E-state index in [4.69, 9.17) is 0 Å². The van der Waals surface area contributed by atoms with Gasteiger partial charge in [-0.05, 0) is 31.0 Å². The van der Waals surface area contributed by atoms with Crippen LogP contribution in [0.25, 0.3) is 11.1 Å². The highest BCUT2D eigenvalue weighted by molar-refractivity contribution is 5.71. The fraction of sp³-hybridized carbons (Fsp3) is 0.125. The first-order valence-corrected chi connectivity index (χ1v) is 5.40. The summed E-state index contributed by atoms with van der Waals surface area (Å²) in [5.74, 6) is 6.09. The lowest BCUT2D eigenvalue weighted by Crippen LogP contribution is -1.83. The van der Waals surface area contributed by atoms with Gasteiger partial charge < -0.3 is 0 Å². The maximum Gasteiger partial charge on any atom is 0.0323 e. The van der Waals surface area contributed by atoms with Gasteiger partial charge in [-0.25, -0.2) is 0 Å². The van der Waals surface area contributed by atoms with Crippen molar-refractivity contribution in [2.75, 3.05) is 0 Å². The fourth-order valence-electron chi connectivity index (χ4n) is 1.71. The van der Waals surface area contributed by atoms with Crippen LogP contribution in [0.1, 0.15) is 18.1 Å². The molecule has 0 aromatic heterocycles. The summed E-state index contributed by atoms with van der Waals surface area (Å²) in [4.78, 5) is 0. The van der Waals surface area contributed by atoms with Crippen LogP contribution in [0.5, 0.6) is 0 Å². The molecule has 78 valence electrons. The van der Waals surface area contributed by atoms with E-state index in [2.05, 4.69) is 61.2 Å². The molecule has 0 saturated heterocycles. The van der Waals surface area contributed by atoms with Crippen molar-refractivity contribution in [1.82, 2.24) is 0 Å². The van der Waals surface area contributed by atoms with Crippen molar-refractivity contribution in [3.05, 3.63) is 59.7 Å². The molecule has 0 amide bonds. The van der Waals surface area contributed by atoms with E-state index in [1.807, 2.05) is 13.0 Å². The Labute approximate surface area is 96.9 Å². The highest BCUT2D eigenvalue weighted by atomic mass is 14.0. The number of benzene rings is 2. The molecule has 0 N–H and O–H groups in total. The molecule has 2 aromatic rings. The lowest BCUT2D eigenvalue weighted by molar-refractivity contribution is 1.46. The molecule has 2 rings (SSSR count). The van der Waals surface area contributed by atoms with Gasteiger partial charge in [0.05, 0.1) is 0 Å². The average Bonchev–Trinajstić information content (AvgIpc) is 2.32. The smallest absolute Gasteiger partial charge is 0.0323 e. The van der Waals surface area contributed by atoms with Gasteiger partial charge in [0.25, 0.3) is 0 Å². The molecule has 0 aliphatic carbocycles. The van der Waals surface area contributed by atoms with Gasteiger partial charge in [0, 0.05) is 5.56 Å². The van der Waals surface area contributed by atoms with Crippen molar-refractivity contribution < 1.29 is 0 Å². The van der Waals surface area contributed by atoms with E-state index in [0.29, 0.717) is 0 Å². The zero-order valence-electron chi connectivity index (χ0n) is 9.62. The number of rotatable bonds is 1. The minimum atomic E-state index is 1.09. The molecule has 2 aromatic carbocycles. The van der Waals surface area contributed by atoms with Crippen LogP contribution in [0.4, 0.5) is 0 Å². The highest BCUT2D eigenvalue weighted by Crippen LogP contribution is 2.23. The van der Waals surface area contributed by atoms with E-state index in [1.54, 1.807) is 0 Å². The van der Waals surface area contributed by atoms with E-state index in [0.717, 1.165) is 5.56 Å². The van der Waals surface area contributed by atoms with E-state index in [-0.39, 0.29) is 0 Å². The molecule has 0 atom stereocenters. The van der Waals surface area contributed by atoms with Crippen molar-refractivity contribution in [2.24, 2.45) is 0 Å². The summed E-state index contributed by atoms with van der Waals surface area (Å²) in [6.07, 6.45) is 0. The Balaban J connectivity index is 2.54. The first kappa shape index (κ1) is 10.5. The Bertz CT molecular complexity index is 536. The molecule has 0 aliphatic rings. The second-order valence-electron chi connectivity index (χ2n) is 3.79. The third kappa shape index (κ3) is 2.15. The molecular weight excluding hydrogens is 192 g/mol. The zero-order chi connectivity index (χ0) is 11.4. The molecular formula is C16H14. The van der Waals surface area contributed by atoms with Crippen LogP contribution in [0.3, 0.4) is 0 Å². The Morgan fingerprint density at radius 3 is 2.25 bits per heavy atom. The van der Waals surface area contributed by atoms with E-state index in [1.165, 1.54) is 16.7 Å². The SMILES string of the molecule is CC#Cc1ccccc1-c1ccc(C)cc1. The van der Waals surface area contributed by atoms with Gasteiger partial charge in [-0.3, -0.25) is 0 Å². The maximum atomic E-state index is 3.14. The molecule has 0 radical (unpaired) electrons. The zero-order valence-corrected chi connectivity index (χ0v) is 9.62. The second kappa shape index (κ2) is 4.68. The van der Waals surface area contributed by atoms with Crippen molar-refractivity contribution in [1.29, 1.82) is 0 Å². The van der Waals surface area contributed by atoms with Crippen LogP contribution in [-0.2, 0) is 0 Å². The summed E-state index contributed by atoms with van der Waals surface area (Å²) in [5, 5.41) is 0. The normalized spacial score (nSPS) is 9.38. The molecule has 0 aliphatic heterocycles. The average molecular weight is 206 g/mol. The van der Waals surface area contributed by atoms with Crippen molar-refractivity contribution in [3.8, 4) is 23.0 Å². The van der Waals surface area contributed by atoms with Crippen molar-refractivity contribution >= 4 is 0 Å². The highest BCUT2D eigenvalue weighted by Gasteiger charge is 2.01. The Morgan fingerprint density at radius 2 is 1.56 bits per heavy atom. The van der Waals surface area contributed by atoms with E-state index >= 15 is 0 Å². The monoisotopic (exact) mass is 206 g/mol. The van der Waals surface area contributed by atoms with Gasteiger partial charge in [0.1, 0.15) is 0 Å². The quantitative estimate of drug-likeness (QED) is 0.618. The topological polar surface area (TPSA) is 0 Å². The molecule has 0 nitrogen and oxygen atoms in total. The van der Waals surface area contributed by atoms with E-state index in [9.17, 15) is 0 Å². The Morgan fingerprint density at radius 1 is 0.875 bits per heavy atom. The molecule has 0 saturated carbocycles. The van der Waals surface area contributed by atoms with Crippen molar-refractivity contribution in [3.63, 3.8) is 0 Å². The predicted molar refractivity (Wildman–Crippen MR) is 69.2 cm³/mol. The van der Waals surface area contributed by atoms with Gasteiger partial charge in [-0.15, -0.1) is 5.92 Å². The van der Waals surface area contributed by atoms with Gasteiger partial charge >= 0.3 is 0 Å². The fourth-order valence-corrected chi connectivity index (χ4v) is 1.71.